The van der Waals surface area contributed by atoms with Gasteiger partial charge in [0, 0.05) is 31.7 Å². The summed E-state index contributed by atoms with van der Waals surface area (Å²) in [6.07, 6.45) is 6.61. The molecule has 0 radical (unpaired) electrons. The van der Waals surface area contributed by atoms with E-state index in [-0.39, 0.29) is 11.8 Å². The summed E-state index contributed by atoms with van der Waals surface area (Å²) in [7, 11) is 0. The highest BCUT2D eigenvalue weighted by Gasteiger charge is 2.31. The summed E-state index contributed by atoms with van der Waals surface area (Å²) in [5.41, 5.74) is 0.856. The van der Waals surface area contributed by atoms with Crippen LogP contribution in [0.15, 0.2) is 22.9 Å². The van der Waals surface area contributed by atoms with Crippen molar-refractivity contribution in [1.82, 2.24) is 20.4 Å². The maximum Gasteiger partial charge on any atom is 0.226 e. The molecule has 1 atom stereocenters. The Morgan fingerprint density at radius 2 is 2.28 bits per heavy atom. The van der Waals surface area contributed by atoms with Gasteiger partial charge in [0.2, 0.25) is 17.6 Å². The number of nitrogens with zero attached hydrogens (tertiary/aromatic N) is 4. The Kier molecular flexibility index (Phi) is 4.38. The van der Waals surface area contributed by atoms with Crippen LogP contribution >= 0.6 is 0 Å². The minimum absolute atomic E-state index is 0.0145. The lowest BCUT2D eigenvalue weighted by molar-refractivity contribution is -0.125. The molecular weight excluding hydrogens is 318 g/mol. The second-order valence-electron chi connectivity index (χ2n) is 6.81. The monoisotopic (exact) mass is 341 g/mol. The molecule has 2 fully saturated rings. The molecule has 3 heterocycles. The number of anilines is 1. The number of piperidine rings is 1. The van der Waals surface area contributed by atoms with Crippen LogP contribution in [0.3, 0.4) is 0 Å². The number of hydrogen-bond acceptors (Lipinski definition) is 6. The predicted octanol–water partition coefficient (Wildman–Crippen LogP) is 2.19. The van der Waals surface area contributed by atoms with Crippen LogP contribution in [0.4, 0.5) is 5.82 Å². The average Bonchev–Trinajstić information content (AvgIpc) is 3.34. The summed E-state index contributed by atoms with van der Waals surface area (Å²) in [6, 6.07) is 4.24. The number of carbonyl (C=O) groups excluding carboxylic acids is 1. The van der Waals surface area contributed by atoms with E-state index >= 15 is 0 Å². The molecule has 1 saturated carbocycles. The maximum atomic E-state index is 12.4. The molecule has 0 unspecified atom stereocenters. The molecule has 0 bridgehead atoms. The summed E-state index contributed by atoms with van der Waals surface area (Å²) in [5.74, 6) is 2.20. The fourth-order valence-electron chi connectivity index (χ4n) is 3.26. The van der Waals surface area contributed by atoms with E-state index in [1.165, 1.54) is 0 Å². The average molecular weight is 341 g/mol. The summed E-state index contributed by atoms with van der Waals surface area (Å²) >= 11 is 0. The molecular formula is C18H23N5O2. The zero-order valence-electron chi connectivity index (χ0n) is 14.4. The SMILES string of the molecule is CCc1nc(-c2cccnc2N2CCC[C@H](C(=O)NC3CC3)C2)no1. The molecule has 0 aromatic carbocycles. The quantitative estimate of drug-likeness (QED) is 0.897. The van der Waals surface area contributed by atoms with Gasteiger partial charge in [-0.25, -0.2) is 4.98 Å². The number of aromatic nitrogens is 3. The zero-order chi connectivity index (χ0) is 17.2. The minimum atomic E-state index is 0.0145. The van der Waals surface area contributed by atoms with Gasteiger partial charge in [-0.15, -0.1) is 0 Å². The Hall–Kier alpha value is -2.44. The Morgan fingerprint density at radius 1 is 1.40 bits per heavy atom. The molecule has 2 aliphatic rings. The first-order valence-corrected chi connectivity index (χ1v) is 9.08. The molecule has 2 aromatic rings. The van der Waals surface area contributed by atoms with Crippen LogP contribution in [0, 0.1) is 5.92 Å². The van der Waals surface area contributed by atoms with Crippen molar-refractivity contribution >= 4 is 11.7 Å². The van der Waals surface area contributed by atoms with E-state index < -0.39 is 0 Å². The number of rotatable bonds is 5. The molecule has 0 spiro atoms. The molecule has 1 N–H and O–H groups in total. The van der Waals surface area contributed by atoms with Crippen molar-refractivity contribution in [1.29, 1.82) is 0 Å². The van der Waals surface area contributed by atoms with Crippen LogP contribution in [0.5, 0.6) is 0 Å². The molecule has 1 amide bonds. The van der Waals surface area contributed by atoms with Gasteiger partial charge in [0.25, 0.3) is 0 Å². The third-order valence-corrected chi connectivity index (χ3v) is 4.81. The second kappa shape index (κ2) is 6.82. The second-order valence-corrected chi connectivity index (χ2v) is 6.81. The van der Waals surface area contributed by atoms with Gasteiger partial charge >= 0.3 is 0 Å². The summed E-state index contributed by atoms with van der Waals surface area (Å²) in [5, 5.41) is 7.21. The Labute approximate surface area is 146 Å². The number of amides is 1. The fraction of sp³-hybridized carbons (Fsp3) is 0.556. The summed E-state index contributed by atoms with van der Waals surface area (Å²) in [6.45, 7) is 3.55. The van der Waals surface area contributed by atoms with E-state index in [4.69, 9.17) is 4.52 Å². The van der Waals surface area contributed by atoms with Gasteiger partial charge in [0.05, 0.1) is 11.5 Å². The number of nitrogens with one attached hydrogen (secondary N) is 1. The van der Waals surface area contributed by atoms with Gasteiger partial charge in [-0.2, -0.15) is 4.98 Å². The van der Waals surface area contributed by atoms with E-state index in [9.17, 15) is 4.79 Å². The Morgan fingerprint density at radius 3 is 3.04 bits per heavy atom. The molecule has 1 aliphatic heterocycles. The number of aryl methyl sites for hydroxylation is 1. The van der Waals surface area contributed by atoms with E-state index in [0.29, 0.717) is 30.7 Å². The van der Waals surface area contributed by atoms with Crippen molar-refractivity contribution in [2.75, 3.05) is 18.0 Å². The molecule has 2 aromatic heterocycles. The van der Waals surface area contributed by atoms with Crippen LogP contribution in [-0.2, 0) is 11.2 Å². The third-order valence-electron chi connectivity index (χ3n) is 4.81. The van der Waals surface area contributed by atoms with Crippen molar-refractivity contribution in [2.45, 2.75) is 45.1 Å². The minimum Gasteiger partial charge on any atom is -0.355 e. The predicted molar refractivity (Wildman–Crippen MR) is 93.0 cm³/mol. The molecule has 7 heteroatoms. The number of hydrogen-bond donors (Lipinski definition) is 1. The first kappa shape index (κ1) is 16.1. The van der Waals surface area contributed by atoms with E-state index in [1.54, 1.807) is 6.20 Å². The van der Waals surface area contributed by atoms with Crippen molar-refractivity contribution in [3.05, 3.63) is 24.2 Å². The van der Waals surface area contributed by atoms with Crippen molar-refractivity contribution < 1.29 is 9.32 Å². The summed E-state index contributed by atoms with van der Waals surface area (Å²) in [4.78, 5) is 23.6. The van der Waals surface area contributed by atoms with E-state index in [1.807, 2.05) is 19.1 Å². The van der Waals surface area contributed by atoms with Gasteiger partial charge in [-0.3, -0.25) is 4.79 Å². The lowest BCUT2D eigenvalue weighted by Gasteiger charge is -2.33. The molecule has 7 nitrogen and oxygen atoms in total. The van der Waals surface area contributed by atoms with Crippen molar-refractivity contribution in [3.8, 4) is 11.4 Å². The Bertz CT molecular complexity index is 755. The summed E-state index contributed by atoms with van der Waals surface area (Å²) < 4.78 is 5.25. The molecule has 1 aliphatic carbocycles. The van der Waals surface area contributed by atoms with Crippen molar-refractivity contribution in [2.24, 2.45) is 5.92 Å². The lowest BCUT2D eigenvalue weighted by Crippen LogP contribution is -2.44. The Balaban J connectivity index is 1.55. The molecule has 1 saturated heterocycles. The molecule has 132 valence electrons. The normalized spacial score (nSPS) is 20.5. The maximum absolute atomic E-state index is 12.4. The van der Waals surface area contributed by atoms with Crippen molar-refractivity contribution in [3.63, 3.8) is 0 Å². The van der Waals surface area contributed by atoms with Gasteiger partial charge in [0.1, 0.15) is 5.82 Å². The van der Waals surface area contributed by atoms with Crippen LogP contribution < -0.4 is 10.2 Å². The smallest absolute Gasteiger partial charge is 0.226 e. The first-order valence-electron chi connectivity index (χ1n) is 9.08. The standard InChI is InChI=1S/C18H23N5O2/c1-2-15-21-16(22-25-15)14-6-3-9-19-17(14)23-10-4-5-12(11-23)18(24)20-13-7-8-13/h3,6,9,12-13H,2,4-5,7-8,10-11H2,1H3,(H,20,24)/t12-/m0/s1. The third kappa shape index (κ3) is 3.50. The molecule has 25 heavy (non-hydrogen) atoms. The largest absolute Gasteiger partial charge is 0.355 e. The highest BCUT2D eigenvalue weighted by molar-refractivity contribution is 5.80. The highest BCUT2D eigenvalue weighted by Crippen LogP contribution is 2.30. The van der Waals surface area contributed by atoms with Gasteiger partial charge < -0.3 is 14.7 Å². The van der Waals surface area contributed by atoms with Crippen LogP contribution in [0.2, 0.25) is 0 Å². The highest BCUT2D eigenvalue weighted by atomic mass is 16.5. The number of pyridine rings is 1. The first-order chi connectivity index (χ1) is 12.2. The molecule has 4 rings (SSSR count). The fourth-order valence-corrected chi connectivity index (χ4v) is 3.26. The van der Waals surface area contributed by atoms with Crippen LogP contribution in [0.1, 0.15) is 38.5 Å². The lowest BCUT2D eigenvalue weighted by atomic mass is 9.96. The van der Waals surface area contributed by atoms with Gasteiger partial charge in [0.15, 0.2) is 0 Å². The van der Waals surface area contributed by atoms with Crippen LogP contribution in [0.25, 0.3) is 11.4 Å². The van der Waals surface area contributed by atoms with Gasteiger partial charge in [-0.1, -0.05) is 12.1 Å². The topological polar surface area (TPSA) is 84.2 Å². The zero-order valence-corrected chi connectivity index (χ0v) is 14.4. The number of carbonyl (C=O) groups is 1. The van der Waals surface area contributed by atoms with Gasteiger partial charge in [-0.05, 0) is 37.8 Å². The van der Waals surface area contributed by atoms with E-state index in [0.717, 1.165) is 43.6 Å². The van der Waals surface area contributed by atoms with E-state index in [2.05, 4.69) is 25.3 Å². The van der Waals surface area contributed by atoms with Crippen LogP contribution in [-0.4, -0.2) is 40.2 Å².